The van der Waals surface area contributed by atoms with Gasteiger partial charge in [0.1, 0.15) is 11.3 Å². The lowest BCUT2D eigenvalue weighted by Gasteiger charge is -2.13. The van der Waals surface area contributed by atoms with Crippen molar-refractivity contribution < 1.29 is 18.4 Å². The number of nitrogens with one attached hydrogen (secondary N) is 2. The molecule has 2 aromatic heterocycles. The zero-order valence-electron chi connectivity index (χ0n) is 20.3. The summed E-state index contributed by atoms with van der Waals surface area (Å²) in [6.45, 7) is 5.90. The summed E-state index contributed by atoms with van der Waals surface area (Å²) in [4.78, 5) is 25.6. The van der Waals surface area contributed by atoms with E-state index < -0.39 is 0 Å². The van der Waals surface area contributed by atoms with Crippen molar-refractivity contribution in [3.63, 3.8) is 0 Å². The molecule has 5 rings (SSSR count). The van der Waals surface area contributed by atoms with Crippen molar-refractivity contribution in [2.45, 2.75) is 46.5 Å². The van der Waals surface area contributed by atoms with Crippen LogP contribution in [0.15, 0.2) is 61.1 Å². The molecule has 0 unspecified atom stereocenters. The van der Waals surface area contributed by atoms with E-state index in [-0.39, 0.29) is 24.0 Å². The molecule has 36 heavy (non-hydrogen) atoms. The number of benzene rings is 2. The maximum Gasteiger partial charge on any atom is 0.291 e. The minimum absolute atomic E-state index is 0.157. The fourth-order valence-electron chi connectivity index (χ4n) is 4.59. The SMILES string of the molecule is Cc1ccc2c(CC(=O)N/N=C3\CCCc4oc(C(=O)Nc5ccc(Br)cc5)c(C)c43)coc2c1C. The van der Waals surface area contributed by atoms with Gasteiger partial charge < -0.3 is 14.2 Å². The number of aryl methyl sites for hydroxylation is 3. The number of nitrogens with zero attached hydrogens (tertiary/aromatic N) is 1. The van der Waals surface area contributed by atoms with Crippen molar-refractivity contribution in [1.82, 2.24) is 5.43 Å². The summed E-state index contributed by atoms with van der Waals surface area (Å²) in [5, 5.41) is 8.25. The molecule has 184 valence electrons. The summed E-state index contributed by atoms with van der Waals surface area (Å²) >= 11 is 3.39. The van der Waals surface area contributed by atoms with Crippen molar-refractivity contribution in [2.24, 2.45) is 5.10 Å². The number of fused-ring (bicyclic) bond motifs is 2. The molecule has 0 saturated carbocycles. The third kappa shape index (κ3) is 4.60. The number of anilines is 1. The first-order chi connectivity index (χ1) is 17.3. The summed E-state index contributed by atoms with van der Waals surface area (Å²) in [5.41, 5.74) is 9.47. The first kappa shape index (κ1) is 24.1. The topological polar surface area (TPSA) is 96.8 Å². The second-order valence-electron chi connectivity index (χ2n) is 9.08. The van der Waals surface area contributed by atoms with Gasteiger partial charge in [0.25, 0.3) is 5.91 Å². The number of halogens is 1. The Morgan fingerprint density at radius 2 is 1.81 bits per heavy atom. The van der Waals surface area contributed by atoms with Crippen molar-refractivity contribution in [1.29, 1.82) is 0 Å². The standard InChI is InChI=1S/C28H26BrN3O4/c1-15-7-12-21-18(14-35-26(21)16(15)2)13-24(33)32-31-22-5-4-6-23-25(22)17(3)27(36-23)28(34)30-20-10-8-19(29)9-11-20/h7-12,14H,4-6,13H2,1-3H3,(H,30,34)(H,32,33)/b31-22+. The molecule has 0 bridgehead atoms. The predicted octanol–water partition coefficient (Wildman–Crippen LogP) is 6.37. The predicted molar refractivity (Wildman–Crippen MR) is 143 cm³/mol. The molecule has 1 aliphatic carbocycles. The number of rotatable bonds is 5. The average molecular weight is 548 g/mol. The molecule has 2 amide bonds. The fraction of sp³-hybridized carbons (Fsp3) is 0.250. The molecule has 1 aliphatic rings. The van der Waals surface area contributed by atoms with Crippen LogP contribution in [0.1, 0.15) is 57.0 Å². The number of furan rings is 2. The molecule has 0 saturated heterocycles. The van der Waals surface area contributed by atoms with Gasteiger partial charge in [0.15, 0.2) is 5.76 Å². The van der Waals surface area contributed by atoms with Crippen LogP contribution in [0.5, 0.6) is 0 Å². The maximum absolute atomic E-state index is 12.9. The number of hydrogen-bond acceptors (Lipinski definition) is 5. The number of hydrazone groups is 1. The van der Waals surface area contributed by atoms with Crippen LogP contribution in [0.3, 0.4) is 0 Å². The van der Waals surface area contributed by atoms with E-state index >= 15 is 0 Å². The second-order valence-corrected chi connectivity index (χ2v) is 10.00. The van der Waals surface area contributed by atoms with Crippen LogP contribution in [0.2, 0.25) is 0 Å². The van der Waals surface area contributed by atoms with Crippen LogP contribution in [0.4, 0.5) is 5.69 Å². The number of carbonyl (C=O) groups excluding carboxylic acids is 2. The third-order valence-electron chi connectivity index (χ3n) is 6.64. The molecule has 0 aliphatic heterocycles. The summed E-state index contributed by atoms with van der Waals surface area (Å²) in [6, 6.07) is 11.4. The number of amides is 2. The minimum Gasteiger partial charge on any atom is -0.464 e. The Morgan fingerprint density at radius 3 is 2.58 bits per heavy atom. The smallest absolute Gasteiger partial charge is 0.291 e. The monoisotopic (exact) mass is 547 g/mol. The van der Waals surface area contributed by atoms with Crippen LogP contribution in [-0.4, -0.2) is 17.5 Å². The summed E-state index contributed by atoms with van der Waals surface area (Å²) in [7, 11) is 0. The van der Waals surface area contributed by atoms with Crippen LogP contribution in [0, 0.1) is 20.8 Å². The highest BCUT2D eigenvalue weighted by Crippen LogP contribution is 2.31. The van der Waals surface area contributed by atoms with E-state index in [0.29, 0.717) is 18.5 Å². The van der Waals surface area contributed by atoms with Crippen LogP contribution >= 0.6 is 15.9 Å². The number of carbonyl (C=O) groups is 2. The molecule has 2 heterocycles. The van der Waals surface area contributed by atoms with Gasteiger partial charge in [-0.25, -0.2) is 5.43 Å². The van der Waals surface area contributed by atoms with Gasteiger partial charge in [0, 0.05) is 38.7 Å². The first-order valence-corrected chi connectivity index (χ1v) is 12.6. The van der Waals surface area contributed by atoms with Crippen molar-refractivity contribution in [3.05, 3.63) is 86.5 Å². The van der Waals surface area contributed by atoms with Crippen LogP contribution in [-0.2, 0) is 17.6 Å². The third-order valence-corrected chi connectivity index (χ3v) is 7.17. The Kier molecular flexibility index (Phi) is 6.53. The summed E-state index contributed by atoms with van der Waals surface area (Å²) in [6.07, 6.45) is 4.03. The van der Waals surface area contributed by atoms with E-state index in [4.69, 9.17) is 8.83 Å². The molecule has 0 spiro atoms. The molecule has 0 fully saturated rings. The van der Waals surface area contributed by atoms with E-state index in [9.17, 15) is 9.59 Å². The van der Waals surface area contributed by atoms with Crippen molar-refractivity contribution in [3.8, 4) is 0 Å². The van der Waals surface area contributed by atoms with Crippen molar-refractivity contribution >= 4 is 50.1 Å². The first-order valence-electron chi connectivity index (χ1n) is 11.8. The quantitative estimate of drug-likeness (QED) is 0.284. The van der Waals surface area contributed by atoms with Crippen LogP contribution in [0.25, 0.3) is 11.0 Å². The molecule has 4 aromatic rings. The Hall–Kier alpha value is -3.65. The molecule has 0 radical (unpaired) electrons. The molecule has 2 aromatic carbocycles. The minimum atomic E-state index is -0.315. The Bertz CT molecular complexity index is 1510. The highest BCUT2D eigenvalue weighted by atomic mass is 79.9. The second kappa shape index (κ2) is 9.78. The van der Waals surface area contributed by atoms with Gasteiger partial charge in [-0.1, -0.05) is 28.1 Å². The Balaban J connectivity index is 1.33. The van der Waals surface area contributed by atoms with Gasteiger partial charge in [-0.3, -0.25) is 9.59 Å². The number of hydrogen-bond donors (Lipinski definition) is 2. The van der Waals surface area contributed by atoms with E-state index in [1.165, 1.54) is 0 Å². The van der Waals surface area contributed by atoms with E-state index in [0.717, 1.165) is 61.2 Å². The zero-order chi connectivity index (χ0) is 25.4. The Morgan fingerprint density at radius 1 is 1.03 bits per heavy atom. The van der Waals surface area contributed by atoms with Gasteiger partial charge in [-0.05, 0) is 69.0 Å². The van der Waals surface area contributed by atoms with Crippen LogP contribution < -0.4 is 10.7 Å². The molecular formula is C28H26BrN3O4. The lowest BCUT2D eigenvalue weighted by Crippen LogP contribution is -2.23. The van der Waals surface area contributed by atoms with Crippen molar-refractivity contribution in [2.75, 3.05) is 5.32 Å². The van der Waals surface area contributed by atoms with Gasteiger partial charge in [0.05, 0.1) is 18.4 Å². The van der Waals surface area contributed by atoms with Gasteiger partial charge in [-0.15, -0.1) is 0 Å². The van der Waals surface area contributed by atoms with Gasteiger partial charge >= 0.3 is 0 Å². The van der Waals surface area contributed by atoms with E-state index in [1.54, 1.807) is 6.26 Å². The highest BCUT2D eigenvalue weighted by molar-refractivity contribution is 9.10. The maximum atomic E-state index is 12.9. The van der Waals surface area contributed by atoms with E-state index in [2.05, 4.69) is 31.8 Å². The van der Waals surface area contributed by atoms with Gasteiger partial charge in [0.2, 0.25) is 5.91 Å². The molecular weight excluding hydrogens is 522 g/mol. The highest BCUT2D eigenvalue weighted by Gasteiger charge is 2.28. The summed E-state index contributed by atoms with van der Waals surface area (Å²) < 4.78 is 12.6. The normalized spacial score (nSPS) is 14.2. The molecule has 0 atom stereocenters. The van der Waals surface area contributed by atoms with Gasteiger partial charge in [-0.2, -0.15) is 5.10 Å². The lowest BCUT2D eigenvalue weighted by atomic mass is 9.93. The molecule has 8 heteroatoms. The van der Waals surface area contributed by atoms with E-state index in [1.807, 2.05) is 57.2 Å². The average Bonchev–Trinajstić information content (AvgIpc) is 3.43. The molecule has 7 nitrogen and oxygen atoms in total. The lowest BCUT2D eigenvalue weighted by molar-refractivity contribution is -0.120. The largest absolute Gasteiger partial charge is 0.464 e. The fourth-order valence-corrected chi connectivity index (χ4v) is 4.85. The molecule has 2 N–H and O–H groups in total. The summed E-state index contributed by atoms with van der Waals surface area (Å²) in [5.74, 6) is 0.439. The zero-order valence-corrected chi connectivity index (χ0v) is 21.9. The Labute approximate surface area is 217 Å².